The molecule has 0 bridgehead atoms. The minimum atomic E-state index is -0.956. The zero-order valence-electron chi connectivity index (χ0n) is 15.4. The molecule has 1 amide bonds. The van der Waals surface area contributed by atoms with Gasteiger partial charge in [-0.05, 0) is 24.1 Å². The van der Waals surface area contributed by atoms with Gasteiger partial charge in [-0.3, -0.25) is 9.59 Å². The SMILES string of the molecule is CC(C(=O)NCC(Cc1ccccc1)C(=O)O)n1nnc(-c2ccccc2)n1. The highest BCUT2D eigenvalue weighted by atomic mass is 16.4. The van der Waals surface area contributed by atoms with Crippen LogP contribution in [-0.2, 0) is 16.0 Å². The van der Waals surface area contributed by atoms with Gasteiger partial charge in [-0.1, -0.05) is 60.7 Å². The minimum absolute atomic E-state index is 0.0215. The van der Waals surface area contributed by atoms with Crippen LogP contribution in [0.5, 0.6) is 0 Å². The molecule has 0 fully saturated rings. The third-order valence-electron chi connectivity index (χ3n) is 4.38. The third kappa shape index (κ3) is 4.79. The molecule has 2 atom stereocenters. The topological polar surface area (TPSA) is 110 Å². The normalized spacial score (nSPS) is 12.9. The van der Waals surface area contributed by atoms with Gasteiger partial charge in [0.1, 0.15) is 6.04 Å². The van der Waals surface area contributed by atoms with E-state index < -0.39 is 17.9 Å². The number of tetrazole rings is 1. The first-order chi connectivity index (χ1) is 13.5. The molecule has 8 nitrogen and oxygen atoms in total. The third-order valence-corrected chi connectivity index (χ3v) is 4.38. The number of aliphatic carboxylic acids is 1. The molecule has 0 aliphatic carbocycles. The van der Waals surface area contributed by atoms with E-state index in [1.54, 1.807) is 6.92 Å². The average Bonchev–Trinajstić information content (AvgIpc) is 3.21. The molecule has 2 unspecified atom stereocenters. The molecular weight excluding hydrogens is 358 g/mol. The van der Waals surface area contributed by atoms with Gasteiger partial charge in [0.25, 0.3) is 0 Å². The molecule has 3 rings (SSSR count). The largest absolute Gasteiger partial charge is 0.481 e. The van der Waals surface area contributed by atoms with E-state index in [1.165, 1.54) is 4.80 Å². The number of hydrogen-bond acceptors (Lipinski definition) is 5. The van der Waals surface area contributed by atoms with Crippen LogP contribution in [0.25, 0.3) is 11.4 Å². The van der Waals surface area contributed by atoms with Crippen molar-refractivity contribution in [2.24, 2.45) is 5.92 Å². The van der Waals surface area contributed by atoms with Crippen molar-refractivity contribution in [3.05, 3.63) is 66.2 Å². The van der Waals surface area contributed by atoms with E-state index in [-0.39, 0.29) is 12.5 Å². The molecule has 0 radical (unpaired) electrons. The number of carbonyl (C=O) groups excluding carboxylic acids is 1. The van der Waals surface area contributed by atoms with Gasteiger partial charge in [0.15, 0.2) is 0 Å². The van der Waals surface area contributed by atoms with Crippen LogP contribution >= 0.6 is 0 Å². The number of nitrogens with zero attached hydrogens (tertiary/aromatic N) is 4. The maximum atomic E-state index is 12.4. The number of carboxylic acids is 1. The van der Waals surface area contributed by atoms with Gasteiger partial charge < -0.3 is 10.4 Å². The lowest BCUT2D eigenvalue weighted by atomic mass is 9.99. The summed E-state index contributed by atoms with van der Waals surface area (Å²) in [4.78, 5) is 25.2. The first kappa shape index (κ1) is 19.2. The van der Waals surface area contributed by atoms with Crippen LogP contribution in [0.15, 0.2) is 60.7 Å². The summed E-state index contributed by atoms with van der Waals surface area (Å²) in [6, 6.07) is 17.9. The first-order valence-corrected chi connectivity index (χ1v) is 8.94. The lowest BCUT2D eigenvalue weighted by molar-refractivity contribution is -0.141. The van der Waals surface area contributed by atoms with Crippen molar-refractivity contribution in [2.45, 2.75) is 19.4 Å². The van der Waals surface area contributed by atoms with E-state index in [0.717, 1.165) is 11.1 Å². The Labute approximate surface area is 162 Å². The van der Waals surface area contributed by atoms with Crippen molar-refractivity contribution in [3.63, 3.8) is 0 Å². The summed E-state index contributed by atoms with van der Waals surface area (Å²) in [5.41, 5.74) is 1.71. The molecule has 3 aromatic rings. The zero-order chi connectivity index (χ0) is 19.9. The van der Waals surface area contributed by atoms with Crippen molar-refractivity contribution in [1.82, 2.24) is 25.5 Å². The Morgan fingerprint density at radius 2 is 1.71 bits per heavy atom. The van der Waals surface area contributed by atoms with E-state index in [0.29, 0.717) is 12.2 Å². The van der Waals surface area contributed by atoms with Crippen molar-refractivity contribution >= 4 is 11.9 Å². The Morgan fingerprint density at radius 3 is 2.36 bits per heavy atom. The number of aromatic nitrogens is 4. The Bertz CT molecular complexity index is 927. The van der Waals surface area contributed by atoms with Gasteiger partial charge in [-0.25, -0.2) is 0 Å². The molecule has 1 aromatic heterocycles. The summed E-state index contributed by atoms with van der Waals surface area (Å²) in [7, 11) is 0. The minimum Gasteiger partial charge on any atom is -0.481 e. The van der Waals surface area contributed by atoms with Gasteiger partial charge in [0, 0.05) is 12.1 Å². The first-order valence-electron chi connectivity index (χ1n) is 8.94. The molecule has 28 heavy (non-hydrogen) atoms. The molecule has 8 heteroatoms. The molecule has 1 heterocycles. The molecule has 2 N–H and O–H groups in total. The highest BCUT2D eigenvalue weighted by molar-refractivity contribution is 5.80. The number of amides is 1. The molecule has 2 aromatic carbocycles. The molecule has 144 valence electrons. The zero-order valence-corrected chi connectivity index (χ0v) is 15.4. The maximum absolute atomic E-state index is 12.4. The molecule has 0 saturated carbocycles. The predicted octanol–water partition coefficient (Wildman–Crippen LogP) is 1.96. The second kappa shape index (κ2) is 8.90. The standard InChI is InChI=1S/C20H21N5O3/c1-14(25-23-18(22-24-25)16-10-6-3-7-11-16)19(26)21-13-17(20(27)28)12-15-8-4-2-5-9-15/h2-11,14,17H,12-13H2,1H3,(H,21,26)(H,27,28). The summed E-state index contributed by atoms with van der Waals surface area (Å²) in [5, 5.41) is 24.3. The van der Waals surface area contributed by atoms with Crippen molar-refractivity contribution in [2.75, 3.05) is 6.54 Å². The second-order valence-electron chi connectivity index (χ2n) is 6.45. The molecule has 0 aliphatic rings. The number of benzene rings is 2. The van der Waals surface area contributed by atoms with E-state index in [1.807, 2.05) is 60.7 Å². The maximum Gasteiger partial charge on any atom is 0.308 e. The van der Waals surface area contributed by atoms with E-state index in [4.69, 9.17) is 0 Å². The van der Waals surface area contributed by atoms with Crippen molar-refractivity contribution in [3.8, 4) is 11.4 Å². The van der Waals surface area contributed by atoms with Crippen LogP contribution in [0, 0.1) is 5.92 Å². The van der Waals surface area contributed by atoms with Gasteiger partial charge in [0.2, 0.25) is 11.7 Å². The average molecular weight is 379 g/mol. The van der Waals surface area contributed by atoms with Crippen molar-refractivity contribution < 1.29 is 14.7 Å². The number of carbonyl (C=O) groups is 2. The lowest BCUT2D eigenvalue weighted by Crippen LogP contribution is -2.38. The summed E-state index contributed by atoms with van der Waals surface area (Å²) >= 11 is 0. The number of hydrogen-bond donors (Lipinski definition) is 2. The molecule has 0 aliphatic heterocycles. The van der Waals surface area contributed by atoms with Gasteiger partial charge in [0.05, 0.1) is 5.92 Å². The van der Waals surface area contributed by atoms with Crippen LogP contribution in [0.2, 0.25) is 0 Å². The Morgan fingerprint density at radius 1 is 1.07 bits per heavy atom. The smallest absolute Gasteiger partial charge is 0.308 e. The quantitative estimate of drug-likeness (QED) is 0.619. The van der Waals surface area contributed by atoms with Gasteiger partial charge in [-0.2, -0.15) is 4.80 Å². The number of carboxylic acid groups (broad SMARTS) is 1. The van der Waals surface area contributed by atoms with Crippen LogP contribution < -0.4 is 5.32 Å². The molecule has 0 spiro atoms. The Balaban J connectivity index is 1.60. The summed E-state index contributed by atoms with van der Waals surface area (Å²) in [5.74, 6) is -1.62. The number of rotatable bonds is 8. The van der Waals surface area contributed by atoms with E-state index in [2.05, 4.69) is 20.7 Å². The monoisotopic (exact) mass is 379 g/mol. The lowest BCUT2D eigenvalue weighted by Gasteiger charge is -2.15. The fourth-order valence-electron chi connectivity index (χ4n) is 2.71. The fraction of sp³-hybridized carbons (Fsp3) is 0.250. The highest BCUT2D eigenvalue weighted by Gasteiger charge is 2.23. The summed E-state index contributed by atoms with van der Waals surface area (Å²) in [6.45, 7) is 1.66. The van der Waals surface area contributed by atoms with Crippen LogP contribution in [0.1, 0.15) is 18.5 Å². The highest BCUT2D eigenvalue weighted by Crippen LogP contribution is 2.14. The molecule has 0 saturated heterocycles. The number of nitrogens with one attached hydrogen (secondary N) is 1. The molecular formula is C20H21N5O3. The van der Waals surface area contributed by atoms with E-state index in [9.17, 15) is 14.7 Å². The van der Waals surface area contributed by atoms with Crippen LogP contribution in [-0.4, -0.2) is 43.7 Å². The Hall–Kier alpha value is -3.55. The fourth-order valence-corrected chi connectivity index (χ4v) is 2.71. The summed E-state index contributed by atoms with van der Waals surface area (Å²) < 4.78 is 0. The summed E-state index contributed by atoms with van der Waals surface area (Å²) in [6.07, 6.45) is 0.338. The van der Waals surface area contributed by atoms with Gasteiger partial charge in [-0.15, -0.1) is 10.2 Å². The van der Waals surface area contributed by atoms with Crippen LogP contribution in [0.3, 0.4) is 0 Å². The van der Waals surface area contributed by atoms with Crippen molar-refractivity contribution in [1.29, 1.82) is 0 Å². The Kier molecular flexibility index (Phi) is 6.11. The van der Waals surface area contributed by atoms with Crippen LogP contribution in [0.4, 0.5) is 0 Å². The van der Waals surface area contributed by atoms with Gasteiger partial charge >= 0.3 is 5.97 Å². The predicted molar refractivity (Wildman–Crippen MR) is 102 cm³/mol. The van der Waals surface area contributed by atoms with E-state index >= 15 is 0 Å². The second-order valence-corrected chi connectivity index (χ2v) is 6.45.